The fourth-order valence-corrected chi connectivity index (χ4v) is 4.61. The Bertz CT molecular complexity index is 586. The minimum absolute atomic E-state index is 0.632. The number of carboxylic acids is 3. The molecular weight excluding hydrogens is 394 g/mol. The molecule has 174 valence electrons. The molecule has 3 aliphatic rings. The maximum atomic E-state index is 10.3. The number of carbonyl (C=O) groups is 3. The molecule has 3 unspecified atom stereocenters. The van der Waals surface area contributed by atoms with Crippen LogP contribution in [-0.2, 0) is 19.1 Å². The summed E-state index contributed by atoms with van der Waals surface area (Å²) in [7, 11) is 4.20. The molecule has 3 aliphatic carbocycles. The van der Waals surface area contributed by atoms with E-state index in [1.165, 1.54) is 25.7 Å². The SMILES string of the molecule is CN(C)CCOCCC1CCC2CC1C2(C)C.O=C(O)CC(O)(CC(=O)O)C(=O)O. The Balaban J connectivity index is 0.000000314. The molecular formula is C21H37NO8. The summed E-state index contributed by atoms with van der Waals surface area (Å²) in [5.41, 5.74) is -2.11. The number of aliphatic carboxylic acids is 3. The summed E-state index contributed by atoms with van der Waals surface area (Å²) in [4.78, 5) is 32.7. The second kappa shape index (κ2) is 11.1. The molecule has 0 spiro atoms. The van der Waals surface area contributed by atoms with Crippen molar-refractivity contribution in [2.75, 3.05) is 33.9 Å². The van der Waals surface area contributed by atoms with Crippen LogP contribution in [0.2, 0.25) is 0 Å². The van der Waals surface area contributed by atoms with Gasteiger partial charge in [-0.1, -0.05) is 13.8 Å². The van der Waals surface area contributed by atoms with Gasteiger partial charge in [-0.3, -0.25) is 9.59 Å². The van der Waals surface area contributed by atoms with Crippen LogP contribution in [-0.4, -0.2) is 82.7 Å². The summed E-state index contributed by atoms with van der Waals surface area (Å²) in [6.45, 7) is 7.85. The van der Waals surface area contributed by atoms with Crippen molar-refractivity contribution in [3.63, 3.8) is 0 Å². The lowest BCUT2D eigenvalue weighted by Crippen LogP contribution is -2.52. The molecule has 0 heterocycles. The molecule has 3 saturated carbocycles. The van der Waals surface area contributed by atoms with E-state index in [0.717, 1.165) is 37.5 Å². The zero-order chi connectivity index (χ0) is 23.1. The van der Waals surface area contributed by atoms with Gasteiger partial charge < -0.3 is 30.1 Å². The number of hydrogen-bond acceptors (Lipinski definition) is 6. The molecule has 0 saturated heterocycles. The van der Waals surface area contributed by atoms with Crippen LogP contribution >= 0.6 is 0 Å². The van der Waals surface area contributed by atoms with Crippen LogP contribution in [0, 0.1) is 23.2 Å². The molecule has 4 N–H and O–H groups in total. The molecule has 9 nitrogen and oxygen atoms in total. The zero-order valence-corrected chi connectivity index (χ0v) is 18.5. The monoisotopic (exact) mass is 431 g/mol. The quantitative estimate of drug-likeness (QED) is 0.360. The minimum atomic E-state index is -2.74. The van der Waals surface area contributed by atoms with Crippen LogP contribution in [0.1, 0.15) is 52.4 Å². The molecule has 0 amide bonds. The van der Waals surface area contributed by atoms with E-state index in [-0.39, 0.29) is 0 Å². The topological polar surface area (TPSA) is 145 Å². The average molecular weight is 432 g/mol. The fourth-order valence-electron chi connectivity index (χ4n) is 4.61. The van der Waals surface area contributed by atoms with Crippen LogP contribution in [0.5, 0.6) is 0 Å². The van der Waals surface area contributed by atoms with E-state index in [1.807, 2.05) is 0 Å². The van der Waals surface area contributed by atoms with E-state index in [0.29, 0.717) is 5.41 Å². The predicted octanol–water partition coefficient (Wildman–Crippen LogP) is 1.78. The second-order valence-corrected chi connectivity index (χ2v) is 9.38. The molecule has 0 aromatic rings. The van der Waals surface area contributed by atoms with Gasteiger partial charge in [0, 0.05) is 13.2 Å². The van der Waals surface area contributed by atoms with Crippen molar-refractivity contribution in [3.05, 3.63) is 0 Å². The van der Waals surface area contributed by atoms with Gasteiger partial charge in [-0.2, -0.15) is 0 Å². The van der Waals surface area contributed by atoms with Crippen molar-refractivity contribution < 1.29 is 39.5 Å². The molecule has 2 bridgehead atoms. The van der Waals surface area contributed by atoms with Crippen LogP contribution in [0.15, 0.2) is 0 Å². The van der Waals surface area contributed by atoms with E-state index in [4.69, 9.17) is 25.2 Å². The number of fused-ring (bicyclic) bond motifs is 2. The highest BCUT2D eigenvalue weighted by Crippen LogP contribution is 2.61. The van der Waals surface area contributed by atoms with Crippen molar-refractivity contribution in [1.29, 1.82) is 0 Å². The lowest BCUT2D eigenvalue weighted by Gasteiger charge is -2.60. The summed E-state index contributed by atoms with van der Waals surface area (Å²) >= 11 is 0. The number of aliphatic hydroxyl groups is 1. The Hall–Kier alpha value is -1.71. The van der Waals surface area contributed by atoms with E-state index >= 15 is 0 Å². The van der Waals surface area contributed by atoms with Gasteiger partial charge in [0.1, 0.15) is 0 Å². The molecule has 0 aliphatic heterocycles. The third-order valence-corrected chi connectivity index (χ3v) is 6.60. The van der Waals surface area contributed by atoms with Crippen LogP contribution in [0.3, 0.4) is 0 Å². The Morgan fingerprint density at radius 2 is 1.60 bits per heavy atom. The molecule has 9 heteroatoms. The van der Waals surface area contributed by atoms with E-state index in [2.05, 4.69) is 32.8 Å². The fraction of sp³-hybridized carbons (Fsp3) is 0.857. The number of ether oxygens (including phenoxy) is 1. The summed E-state index contributed by atoms with van der Waals surface area (Å²) in [5.74, 6) is -2.07. The lowest BCUT2D eigenvalue weighted by atomic mass is 9.45. The van der Waals surface area contributed by atoms with Crippen molar-refractivity contribution in [3.8, 4) is 0 Å². The van der Waals surface area contributed by atoms with Crippen LogP contribution in [0.25, 0.3) is 0 Å². The first-order valence-corrected chi connectivity index (χ1v) is 10.4. The van der Waals surface area contributed by atoms with E-state index < -0.39 is 36.4 Å². The van der Waals surface area contributed by atoms with Gasteiger partial charge >= 0.3 is 17.9 Å². The molecule has 3 rings (SSSR count). The van der Waals surface area contributed by atoms with Crippen molar-refractivity contribution in [2.24, 2.45) is 23.2 Å². The van der Waals surface area contributed by atoms with Gasteiger partial charge in [0.15, 0.2) is 5.60 Å². The first-order valence-electron chi connectivity index (χ1n) is 10.4. The molecule has 0 aromatic carbocycles. The summed E-state index contributed by atoms with van der Waals surface area (Å²) in [6, 6.07) is 0. The first-order chi connectivity index (χ1) is 13.8. The summed E-state index contributed by atoms with van der Waals surface area (Å²) in [6.07, 6.45) is 3.41. The van der Waals surface area contributed by atoms with Crippen molar-refractivity contribution in [1.82, 2.24) is 4.90 Å². The normalized spacial score (nSPS) is 24.4. The van der Waals surface area contributed by atoms with Crippen LogP contribution < -0.4 is 0 Å². The molecule has 3 atom stereocenters. The van der Waals surface area contributed by atoms with E-state index in [1.54, 1.807) is 0 Å². The molecule has 30 heavy (non-hydrogen) atoms. The number of hydrogen-bond donors (Lipinski definition) is 4. The third-order valence-electron chi connectivity index (χ3n) is 6.60. The van der Waals surface area contributed by atoms with Gasteiger partial charge in [-0.15, -0.1) is 0 Å². The smallest absolute Gasteiger partial charge is 0.336 e. The largest absolute Gasteiger partial charge is 0.481 e. The van der Waals surface area contributed by atoms with Gasteiger partial charge in [0.05, 0.1) is 19.4 Å². The molecule has 3 fully saturated rings. The minimum Gasteiger partial charge on any atom is -0.481 e. The predicted molar refractivity (Wildman–Crippen MR) is 109 cm³/mol. The Kier molecular flexibility index (Phi) is 9.71. The van der Waals surface area contributed by atoms with Gasteiger partial charge in [0.2, 0.25) is 0 Å². The Morgan fingerprint density at radius 1 is 1.03 bits per heavy atom. The van der Waals surface area contributed by atoms with Gasteiger partial charge in [-0.25, -0.2) is 4.79 Å². The van der Waals surface area contributed by atoms with E-state index in [9.17, 15) is 14.4 Å². The van der Waals surface area contributed by atoms with Crippen molar-refractivity contribution >= 4 is 17.9 Å². The molecule has 0 radical (unpaired) electrons. The summed E-state index contributed by atoms with van der Waals surface area (Å²) < 4.78 is 5.74. The maximum absolute atomic E-state index is 10.3. The van der Waals surface area contributed by atoms with Gasteiger partial charge in [0.25, 0.3) is 0 Å². The Labute approximate surface area is 178 Å². The third kappa shape index (κ3) is 7.52. The highest BCUT2D eigenvalue weighted by Gasteiger charge is 2.53. The first kappa shape index (κ1) is 26.3. The lowest BCUT2D eigenvalue weighted by molar-refractivity contribution is -0.170. The number of carboxylic acid groups (broad SMARTS) is 3. The maximum Gasteiger partial charge on any atom is 0.336 e. The highest BCUT2D eigenvalue weighted by molar-refractivity contribution is 5.88. The number of likely N-dealkylation sites (N-methyl/N-ethyl adjacent to an activating group) is 1. The summed E-state index contributed by atoms with van der Waals surface area (Å²) in [5, 5.41) is 33.8. The average Bonchev–Trinajstić information content (AvgIpc) is 2.60. The zero-order valence-electron chi connectivity index (χ0n) is 18.5. The standard InChI is InChI=1S/C15H29NO.C6H8O7/c1-15(2)13-6-5-12(14(15)11-13)7-9-17-10-8-16(3)4;7-3(8)1-6(13,5(11)12)2-4(9)10/h12-14H,5-11H2,1-4H3;13H,1-2H2,(H,7,8)(H,9,10)(H,11,12). The van der Waals surface area contributed by atoms with Crippen molar-refractivity contribution in [2.45, 2.75) is 58.0 Å². The van der Waals surface area contributed by atoms with Gasteiger partial charge in [-0.05, 0) is 62.9 Å². The number of nitrogens with zero attached hydrogens (tertiary/aromatic N) is 1. The Morgan fingerprint density at radius 3 is 2.00 bits per heavy atom. The highest BCUT2D eigenvalue weighted by atomic mass is 16.5. The molecule has 0 aromatic heterocycles. The number of rotatable bonds is 11. The van der Waals surface area contributed by atoms with Crippen LogP contribution in [0.4, 0.5) is 0 Å². The second-order valence-electron chi connectivity index (χ2n) is 9.38.